The van der Waals surface area contributed by atoms with Crippen LogP contribution >= 0.6 is 0 Å². The molecule has 156 valence electrons. The van der Waals surface area contributed by atoms with Gasteiger partial charge >= 0.3 is 5.97 Å². The maximum absolute atomic E-state index is 12.2. The van der Waals surface area contributed by atoms with Gasteiger partial charge in [0.05, 0.1) is 25.5 Å². The minimum Gasteiger partial charge on any atom is -0.494 e. The van der Waals surface area contributed by atoms with Gasteiger partial charge in [0, 0.05) is 17.7 Å². The van der Waals surface area contributed by atoms with Gasteiger partial charge in [-0.25, -0.2) is 0 Å². The first-order valence-corrected chi connectivity index (χ1v) is 9.69. The van der Waals surface area contributed by atoms with Crippen LogP contribution < -0.4 is 10.1 Å². The zero-order valence-electron chi connectivity index (χ0n) is 16.8. The molecule has 0 aliphatic rings. The molecular formula is C23H24N2O5. The van der Waals surface area contributed by atoms with Gasteiger partial charge in [-0.3, -0.25) is 14.4 Å². The van der Waals surface area contributed by atoms with Crippen molar-refractivity contribution >= 4 is 23.3 Å². The molecule has 0 bridgehead atoms. The molecule has 0 aliphatic carbocycles. The van der Waals surface area contributed by atoms with E-state index in [1.165, 1.54) is 0 Å². The number of Topliss-reactive ketones (excluding diaryl/α,β-unsaturated/α-hetero) is 1. The number of esters is 1. The van der Waals surface area contributed by atoms with E-state index >= 15 is 0 Å². The molecule has 2 aromatic carbocycles. The summed E-state index contributed by atoms with van der Waals surface area (Å²) in [6.45, 7) is 2.19. The average Bonchev–Trinajstić information content (AvgIpc) is 2.76. The zero-order chi connectivity index (χ0) is 21.8. The van der Waals surface area contributed by atoms with Gasteiger partial charge in [-0.05, 0) is 48.4 Å². The van der Waals surface area contributed by atoms with Crippen molar-refractivity contribution in [1.29, 1.82) is 5.26 Å². The minimum atomic E-state index is -0.620. The molecule has 0 aliphatic heterocycles. The number of nitriles is 1. The Morgan fingerprint density at radius 3 is 2.33 bits per heavy atom. The Kier molecular flexibility index (Phi) is 9.07. The lowest BCUT2D eigenvalue weighted by atomic mass is 10.1. The summed E-state index contributed by atoms with van der Waals surface area (Å²) in [5.41, 5.74) is 1.87. The highest BCUT2D eigenvalue weighted by atomic mass is 16.5. The second-order valence-corrected chi connectivity index (χ2v) is 6.54. The molecule has 0 saturated heterocycles. The molecule has 1 amide bonds. The molecule has 0 heterocycles. The van der Waals surface area contributed by atoms with Crippen molar-refractivity contribution in [2.24, 2.45) is 0 Å². The summed E-state index contributed by atoms with van der Waals surface area (Å²) in [5.74, 6) is -0.592. The van der Waals surface area contributed by atoms with Gasteiger partial charge < -0.3 is 14.8 Å². The lowest BCUT2D eigenvalue weighted by Gasteiger charge is -2.07. The lowest BCUT2D eigenvalue weighted by molar-refractivity contribution is -0.147. The number of ketones is 1. The second-order valence-electron chi connectivity index (χ2n) is 6.54. The topological polar surface area (TPSA) is 105 Å². The molecule has 7 heteroatoms. The molecule has 0 spiro atoms. The molecule has 1 N–H and O–H groups in total. The number of nitrogens with zero attached hydrogens (tertiary/aromatic N) is 1. The predicted molar refractivity (Wildman–Crippen MR) is 111 cm³/mol. The Hall–Kier alpha value is -3.66. The Morgan fingerprint density at radius 1 is 1.00 bits per heavy atom. The van der Waals surface area contributed by atoms with Gasteiger partial charge in [-0.15, -0.1) is 0 Å². The molecule has 7 nitrogen and oxygen atoms in total. The van der Waals surface area contributed by atoms with Crippen LogP contribution in [-0.2, 0) is 20.7 Å². The van der Waals surface area contributed by atoms with E-state index in [2.05, 4.69) is 5.32 Å². The second kappa shape index (κ2) is 12.0. The first-order valence-electron chi connectivity index (χ1n) is 9.69. The van der Waals surface area contributed by atoms with Crippen LogP contribution in [0.25, 0.3) is 0 Å². The van der Waals surface area contributed by atoms with Crippen molar-refractivity contribution < 1.29 is 23.9 Å². The van der Waals surface area contributed by atoms with Crippen molar-refractivity contribution in [3.8, 4) is 11.8 Å². The van der Waals surface area contributed by atoms with Crippen LogP contribution in [-0.4, -0.2) is 30.9 Å². The number of carbonyl (C=O) groups excluding carboxylic acids is 3. The number of hydrogen-bond donors (Lipinski definition) is 1. The van der Waals surface area contributed by atoms with Crippen molar-refractivity contribution in [1.82, 2.24) is 0 Å². The molecule has 30 heavy (non-hydrogen) atoms. The fourth-order valence-corrected chi connectivity index (χ4v) is 2.53. The summed E-state index contributed by atoms with van der Waals surface area (Å²) in [4.78, 5) is 35.9. The average molecular weight is 408 g/mol. The lowest BCUT2D eigenvalue weighted by Crippen LogP contribution is -2.21. The Labute approximate surface area is 175 Å². The van der Waals surface area contributed by atoms with Gasteiger partial charge in [0.1, 0.15) is 5.75 Å². The molecule has 2 rings (SSSR count). The zero-order valence-corrected chi connectivity index (χ0v) is 16.8. The van der Waals surface area contributed by atoms with Crippen molar-refractivity contribution in [3.05, 3.63) is 59.7 Å². The predicted octanol–water partition coefficient (Wildman–Crippen LogP) is 3.69. The summed E-state index contributed by atoms with van der Waals surface area (Å²) in [6.07, 6.45) is 1.08. The van der Waals surface area contributed by atoms with Crippen molar-refractivity contribution in [2.75, 3.05) is 18.5 Å². The Balaban J connectivity index is 1.70. The van der Waals surface area contributed by atoms with E-state index in [-0.39, 0.29) is 18.6 Å². The molecule has 0 saturated carbocycles. The highest BCUT2D eigenvalue weighted by Gasteiger charge is 2.12. The van der Waals surface area contributed by atoms with E-state index in [0.29, 0.717) is 30.0 Å². The van der Waals surface area contributed by atoms with Crippen LogP contribution in [0.2, 0.25) is 0 Å². The molecule has 0 atom stereocenters. The number of benzene rings is 2. The number of hydrogen-bond acceptors (Lipinski definition) is 6. The number of anilines is 1. The Morgan fingerprint density at radius 2 is 1.70 bits per heavy atom. The van der Waals surface area contributed by atoms with E-state index in [0.717, 1.165) is 12.0 Å². The van der Waals surface area contributed by atoms with E-state index in [1.54, 1.807) is 48.5 Å². The maximum atomic E-state index is 12.2. The number of ether oxygens (including phenoxy) is 2. The first kappa shape index (κ1) is 22.6. The third-order valence-electron chi connectivity index (χ3n) is 4.09. The summed E-state index contributed by atoms with van der Waals surface area (Å²) in [5, 5.41) is 11.2. The number of amides is 1. The van der Waals surface area contributed by atoms with Gasteiger partial charge in [-0.1, -0.05) is 19.1 Å². The molecular weight excluding hydrogens is 384 g/mol. The number of rotatable bonds is 11. The fourth-order valence-electron chi connectivity index (χ4n) is 2.53. The van der Waals surface area contributed by atoms with Crippen LogP contribution in [0, 0.1) is 11.3 Å². The van der Waals surface area contributed by atoms with Crippen molar-refractivity contribution in [3.63, 3.8) is 0 Å². The summed E-state index contributed by atoms with van der Waals surface area (Å²) in [6, 6.07) is 15.6. The smallest absolute Gasteiger partial charge is 0.306 e. The SMILES string of the molecule is CCCOc1ccc(C(=O)CCC(=O)OCC(=O)Nc2ccc(CC#N)cc2)cc1. The van der Waals surface area contributed by atoms with Crippen molar-refractivity contribution in [2.45, 2.75) is 32.6 Å². The van der Waals surface area contributed by atoms with Gasteiger partial charge in [-0.2, -0.15) is 5.26 Å². The highest BCUT2D eigenvalue weighted by Crippen LogP contribution is 2.14. The van der Waals surface area contributed by atoms with Crippen LogP contribution in [0.5, 0.6) is 5.75 Å². The first-order chi connectivity index (χ1) is 14.5. The van der Waals surface area contributed by atoms with E-state index in [4.69, 9.17) is 14.7 Å². The van der Waals surface area contributed by atoms with Crippen LogP contribution in [0.1, 0.15) is 42.1 Å². The van der Waals surface area contributed by atoms with Crippen LogP contribution in [0.3, 0.4) is 0 Å². The Bertz CT molecular complexity index is 899. The van der Waals surface area contributed by atoms with Crippen LogP contribution in [0.4, 0.5) is 5.69 Å². The minimum absolute atomic E-state index is 0.00400. The van der Waals surface area contributed by atoms with E-state index < -0.39 is 18.5 Å². The normalized spacial score (nSPS) is 10.0. The third-order valence-corrected chi connectivity index (χ3v) is 4.09. The maximum Gasteiger partial charge on any atom is 0.306 e. The molecule has 2 aromatic rings. The quantitative estimate of drug-likeness (QED) is 0.449. The molecule has 0 unspecified atom stereocenters. The van der Waals surface area contributed by atoms with E-state index in [1.807, 2.05) is 13.0 Å². The molecule has 0 radical (unpaired) electrons. The number of nitrogens with one attached hydrogen (secondary N) is 1. The summed E-state index contributed by atoms with van der Waals surface area (Å²) in [7, 11) is 0. The largest absolute Gasteiger partial charge is 0.494 e. The fraction of sp³-hybridized carbons (Fsp3) is 0.304. The number of carbonyl (C=O) groups is 3. The summed E-state index contributed by atoms with van der Waals surface area (Å²) >= 11 is 0. The van der Waals surface area contributed by atoms with Crippen LogP contribution in [0.15, 0.2) is 48.5 Å². The molecule has 0 aromatic heterocycles. The summed E-state index contributed by atoms with van der Waals surface area (Å²) < 4.78 is 10.4. The van der Waals surface area contributed by atoms with Gasteiger partial charge in [0.2, 0.25) is 0 Å². The molecule has 0 fully saturated rings. The third kappa shape index (κ3) is 7.76. The highest BCUT2D eigenvalue weighted by molar-refractivity contribution is 5.98. The van der Waals surface area contributed by atoms with Gasteiger partial charge in [0.25, 0.3) is 5.91 Å². The van der Waals surface area contributed by atoms with E-state index in [9.17, 15) is 14.4 Å². The monoisotopic (exact) mass is 408 g/mol. The standard InChI is InChI=1S/C23H24N2O5/c1-2-15-29-20-9-5-18(6-10-20)21(26)11-12-23(28)30-16-22(27)25-19-7-3-17(4-8-19)13-14-24/h3-10H,2,11-13,15-16H2,1H3,(H,25,27). The van der Waals surface area contributed by atoms with Gasteiger partial charge in [0.15, 0.2) is 12.4 Å².